The number of hydrogen-bond acceptors (Lipinski definition) is 3. The fraction of sp³-hybridized carbons (Fsp3) is 0.895. The molecule has 1 saturated heterocycles. The molecule has 0 saturated carbocycles. The van der Waals surface area contributed by atoms with Crippen LogP contribution in [-0.2, 0) is 9.53 Å². The SMILES string of the molecule is CCCCCCC(C)NC(=O)C1CCN(C(=O)OC(C)(C)C)CC1. The summed E-state index contributed by atoms with van der Waals surface area (Å²) in [6.07, 6.45) is 7.12. The van der Waals surface area contributed by atoms with Gasteiger partial charge in [-0.05, 0) is 47.0 Å². The number of unbranched alkanes of at least 4 members (excludes halogenated alkanes) is 3. The molecular formula is C19H36N2O3. The summed E-state index contributed by atoms with van der Waals surface area (Å²) < 4.78 is 5.39. The smallest absolute Gasteiger partial charge is 0.410 e. The third-order valence-corrected chi connectivity index (χ3v) is 4.40. The zero-order valence-corrected chi connectivity index (χ0v) is 16.2. The quantitative estimate of drug-likeness (QED) is 0.710. The van der Waals surface area contributed by atoms with Gasteiger partial charge in [-0.15, -0.1) is 0 Å². The fourth-order valence-electron chi connectivity index (χ4n) is 2.96. The fourth-order valence-corrected chi connectivity index (χ4v) is 2.96. The molecule has 0 aromatic heterocycles. The van der Waals surface area contributed by atoms with Crippen LogP contribution in [0.3, 0.4) is 0 Å². The number of carbonyl (C=O) groups excluding carboxylic acids is 2. The maximum Gasteiger partial charge on any atom is 0.410 e. The standard InChI is InChI=1S/C19H36N2O3/c1-6-7-8-9-10-15(2)20-17(22)16-11-13-21(14-12-16)18(23)24-19(3,4)5/h15-16H,6-14H2,1-5H3,(H,20,22). The Balaban J connectivity index is 2.28. The van der Waals surface area contributed by atoms with Crippen LogP contribution in [0, 0.1) is 5.92 Å². The van der Waals surface area contributed by atoms with E-state index in [1.54, 1.807) is 4.90 Å². The Hall–Kier alpha value is -1.26. The van der Waals surface area contributed by atoms with Crippen LogP contribution >= 0.6 is 0 Å². The highest BCUT2D eigenvalue weighted by Gasteiger charge is 2.30. The first kappa shape index (κ1) is 20.8. The van der Waals surface area contributed by atoms with Crippen LogP contribution in [0.25, 0.3) is 0 Å². The molecule has 5 heteroatoms. The first-order valence-electron chi connectivity index (χ1n) is 9.51. The molecule has 1 rings (SSSR count). The van der Waals surface area contributed by atoms with Crippen molar-refractivity contribution in [3.8, 4) is 0 Å². The second kappa shape index (κ2) is 9.90. The summed E-state index contributed by atoms with van der Waals surface area (Å²) in [7, 11) is 0. The van der Waals surface area contributed by atoms with Gasteiger partial charge in [-0.3, -0.25) is 4.79 Å². The van der Waals surface area contributed by atoms with Gasteiger partial charge in [0.15, 0.2) is 0 Å². The lowest BCUT2D eigenvalue weighted by Gasteiger charge is -2.33. The third-order valence-electron chi connectivity index (χ3n) is 4.40. The predicted molar refractivity (Wildman–Crippen MR) is 96.9 cm³/mol. The molecule has 5 nitrogen and oxygen atoms in total. The highest BCUT2D eigenvalue weighted by atomic mass is 16.6. The summed E-state index contributed by atoms with van der Waals surface area (Å²) in [6.45, 7) is 11.1. The Morgan fingerprint density at radius 3 is 2.33 bits per heavy atom. The maximum atomic E-state index is 12.4. The molecule has 0 aromatic rings. The molecule has 0 bridgehead atoms. The average Bonchev–Trinajstić information content (AvgIpc) is 2.50. The molecule has 0 radical (unpaired) electrons. The van der Waals surface area contributed by atoms with Gasteiger partial charge in [0.1, 0.15) is 5.60 Å². The van der Waals surface area contributed by atoms with Crippen molar-refractivity contribution in [3.63, 3.8) is 0 Å². The van der Waals surface area contributed by atoms with Crippen molar-refractivity contribution in [1.29, 1.82) is 0 Å². The summed E-state index contributed by atoms with van der Waals surface area (Å²) in [4.78, 5) is 26.1. The molecule has 0 aromatic carbocycles. The Labute approximate surface area is 147 Å². The van der Waals surface area contributed by atoms with Crippen LogP contribution in [0.15, 0.2) is 0 Å². The maximum absolute atomic E-state index is 12.4. The number of hydrogen-bond donors (Lipinski definition) is 1. The number of nitrogens with zero attached hydrogens (tertiary/aromatic N) is 1. The van der Waals surface area contributed by atoms with Gasteiger partial charge in [0.25, 0.3) is 0 Å². The van der Waals surface area contributed by atoms with E-state index < -0.39 is 5.60 Å². The molecule has 1 atom stereocenters. The average molecular weight is 341 g/mol. The minimum absolute atomic E-state index is 0.0155. The van der Waals surface area contributed by atoms with Crippen LogP contribution in [0.2, 0.25) is 0 Å². The van der Waals surface area contributed by atoms with E-state index in [1.165, 1.54) is 25.7 Å². The van der Waals surface area contributed by atoms with Crippen molar-refractivity contribution < 1.29 is 14.3 Å². The van der Waals surface area contributed by atoms with Crippen molar-refractivity contribution in [2.75, 3.05) is 13.1 Å². The molecular weight excluding hydrogens is 304 g/mol. The number of nitrogens with one attached hydrogen (secondary N) is 1. The van der Waals surface area contributed by atoms with Crippen LogP contribution in [0.1, 0.15) is 79.6 Å². The normalized spacial score (nSPS) is 17.5. The molecule has 0 aliphatic carbocycles. The van der Waals surface area contributed by atoms with Gasteiger partial charge in [0.05, 0.1) is 0 Å². The minimum atomic E-state index is -0.474. The van der Waals surface area contributed by atoms with Gasteiger partial charge in [0.2, 0.25) is 5.91 Å². The molecule has 1 fully saturated rings. The number of amides is 2. The lowest BCUT2D eigenvalue weighted by Crippen LogP contribution is -2.46. The van der Waals surface area contributed by atoms with Crippen LogP contribution in [0.5, 0.6) is 0 Å². The van der Waals surface area contributed by atoms with E-state index in [-0.39, 0.29) is 24.0 Å². The molecule has 1 aliphatic rings. The monoisotopic (exact) mass is 340 g/mol. The van der Waals surface area contributed by atoms with Crippen LogP contribution in [-0.4, -0.2) is 41.6 Å². The van der Waals surface area contributed by atoms with Crippen molar-refractivity contribution in [2.24, 2.45) is 5.92 Å². The highest BCUT2D eigenvalue weighted by molar-refractivity contribution is 5.79. The van der Waals surface area contributed by atoms with Gasteiger partial charge >= 0.3 is 6.09 Å². The lowest BCUT2D eigenvalue weighted by atomic mass is 9.95. The zero-order chi connectivity index (χ0) is 18.2. The van der Waals surface area contributed by atoms with Gasteiger partial charge < -0.3 is 15.0 Å². The molecule has 2 amide bonds. The predicted octanol–water partition coefficient (Wildman–Crippen LogP) is 4.11. The zero-order valence-electron chi connectivity index (χ0n) is 16.2. The van der Waals surface area contributed by atoms with Crippen molar-refractivity contribution in [3.05, 3.63) is 0 Å². The van der Waals surface area contributed by atoms with E-state index in [1.807, 2.05) is 20.8 Å². The highest BCUT2D eigenvalue weighted by Crippen LogP contribution is 2.20. The second-order valence-electron chi connectivity index (χ2n) is 8.00. The summed E-state index contributed by atoms with van der Waals surface area (Å²) in [5, 5.41) is 3.14. The lowest BCUT2D eigenvalue weighted by molar-refractivity contribution is -0.127. The third kappa shape index (κ3) is 8.02. The van der Waals surface area contributed by atoms with Crippen molar-refractivity contribution in [1.82, 2.24) is 10.2 Å². The van der Waals surface area contributed by atoms with Crippen LogP contribution in [0.4, 0.5) is 4.79 Å². The summed E-state index contributed by atoms with van der Waals surface area (Å²) >= 11 is 0. The van der Waals surface area contributed by atoms with E-state index >= 15 is 0 Å². The Kier molecular flexibility index (Phi) is 8.57. The first-order chi connectivity index (χ1) is 11.2. The van der Waals surface area contributed by atoms with Crippen molar-refractivity contribution in [2.45, 2.75) is 91.2 Å². The molecule has 1 unspecified atom stereocenters. The topological polar surface area (TPSA) is 58.6 Å². The van der Waals surface area contributed by atoms with Gasteiger partial charge in [-0.1, -0.05) is 32.6 Å². The largest absolute Gasteiger partial charge is 0.444 e. The van der Waals surface area contributed by atoms with Crippen LogP contribution < -0.4 is 5.32 Å². The van der Waals surface area contributed by atoms with Gasteiger partial charge in [0, 0.05) is 25.0 Å². The number of carbonyl (C=O) groups is 2. The molecule has 0 spiro atoms. The molecule has 140 valence electrons. The van der Waals surface area contributed by atoms with E-state index in [9.17, 15) is 9.59 Å². The molecule has 24 heavy (non-hydrogen) atoms. The first-order valence-corrected chi connectivity index (χ1v) is 9.51. The molecule has 1 N–H and O–H groups in total. The molecule has 1 heterocycles. The number of rotatable bonds is 7. The Bertz CT molecular complexity index is 396. The van der Waals surface area contributed by atoms with E-state index in [0.29, 0.717) is 25.9 Å². The Morgan fingerprint density at radius 2 is 1.79 bits per heavy atom. The van der Waals surface area contributed by atoms with Gasteiger partial charge in [-0.2, -0.15) is 0 Å². The van der Waals surface area contributed by atoms with Gasteiger partial charge in [-0.25, -0.2) is 4.79 Å². The number of ether oxygens (including phenoxy) is 1. The van der Waals surface area contributed by atoms with E-state index in [0.717, 1.165) is 6.42 Å². The van der Waals surface area contributed by atoms with E-state index in [4.69, 9.17) is 4.74 Å². The summed E-state index contributed by atoms with van der Waals surface area (Å²) in [6, 6.07) is 0.234. The van der Waals surface area contributed by atoms with Crippen molar-refractivity contribution >= 4 is 12.0 Å². The number of piperidine rings is 1. The second-order valence-corrected chi connectivity index (χ2v) is 8.00. The summed E-state index contributed by atoms with van der Waals surface area (Å²) in [5.74, 6) is 0.156. The number of likely N-dealkylation sites (tertiary alicyclic amines) is 1. The van der Waals surface area contributed by atoms with E-state index in [2.05, 4.69) is 19.2 Å². The Morgan fingerprint density at radius 1 is 1.17 bits per heavy atom. The molecule has 1 aliphatic heterocycles. The minimum Gasteiger partial charge on any atom is -0.444 e. The summed E-state index contributed by atoms with van der Waals surface area (Å²) in [5.41, 5.74) is -0.474.